The number of aryl methyl sites for hydroxylation is 2. The summed E-state index contributed by atoms with van der Waals surface area (Å²) in [5, 5.41) is 6.39. The molecule has 1 aliphatic carbocycles. The van der Waals surface area contributed by atoms with Gasteiger partial charge in [-0.2, -0.15) is 0 Å². The molecule has 0 spiro atoms. The van der Waals surface area contributed by atoms with Gasteiger partial charge in [0.2, 0.25) is 5.91 Å². The van der Waals surface area contributed by atoms with Crippen molar-refractivity contribution in [1.82, 2.24) is 10.3 Å². The average Bonchev–Trinajstić information content (AvgIpc) is 3.32. The van der Waals surface area contributed by atoms with E-state index in [1.54, 1.807) is 19.2 Å². The highest BCUT2D eigenvalue weighted by atomic mass is 32.1. The fourth-order valence-electron chi connectivity index (χ4n) is 3.56. The maximum absolute atomic E-state index is 12.8. The summed E-state index contributed by atoms with van der Waals surface area (Å²) >= 11 is 1.45. The van der Waals surface area contributed by atoms with Crippen LogP contribution in [0.2, 0.25) is 0 Å². The number of fused-ring (bicyclic) bond motifs is 1. The molecule has 30 heavy (non-hydrogen) atoms. The van der Waals surface area contributed by atoms with Crippen molar-refractivity contribution < 1.29 is 14.3 Å². The van der Waals surface area contributed by atoms with Gasteiger partial charge in [0.1, 0.15) is 5.75 Å². The van der Waals surface area contributed by atoms with E-state index in [1.165, 1.54) is 11.3 Å². The largest absolute Gasteiger partial charge is 0.496 e. The third-order valence-electron chi connectivity index (χ3n) is 5.21. The first-order valence-electron chi connectivity index (χ1n) is 9.82. The lowest BCUT2D eigenvalue weighted by atomic mass is 10.1. The number of hydrogen-bond acceptors (Lipinski definition) is 5. The smallest absolute Gasteiger partial charge is 0.257 e. The molecule has 1 atom stereocenters. The summed E-state index contributed by atoms with van der Waals surface area (Å²) in [7, 11) is 1.62. The molecular formula is C23H23N3O3S. The van der Waals surface area contributed by atoms with Gasteiger partial charge in [0.05, 0.1) is 18.7 Å². The molecule has 2 amide bonds. The highest BCUT2D eigenvalue weighted by Gasteiger charge is 2.32. The van der Waals surface area contributed by atoms with Gasteiger partial charge in [0, 0.05) is 22.5 Å². The minimum atomic E-state index is -0.295. The average molecular weight is 422 g/mol. The Morgan fingerprint density at radius 3 is 2.70 bits per heavy atom. The zero-order valence-electron chi connectivity index (χ0n) is 16.9. The number of nitrogens with zero attached hydrogens (tertiary/aromatic N) is 1. The van der Waals surface area contributed by atoms with Gasteiger partial charge in [-0.1, -0.05) is 35.9 Å². The zero-order chi connectivity index (χ0) is 21.1. The SMILES string of the molecule is COc1ccccc1CNC(=O)C1CCc2sc(NC(=O)c3ccc(C)cc3)nc21. The molecule has 7 heteroatoms. The number of rotatable bonds is 6. The lowest BCUT2D eigenvalue weighted by Crippen LogP contribution is -2.28. The van der Waals surface area contributed by atoms with Crippen LogP contribution in [0.3, 0.4) is 0 Å². The Morgan fingerprint density at radius 1 is 1.17 bits per heavy atom. The molecule has 0 bridgehead atoms. The van der Waals surface area contributed by atoms with Crippen LogP contribution in [0, 0.1) is 6.92 Å². The number of anilines is 1. The summed E-state index contributed by atoms with van der Waals surface area (Å²) in [5.74, 6) is 0.205. The quantitative estimate of drug-likeness (QED) is 0.629. The Hall–Kier alpha value is -3.19. The molecule has 3 aromatic rings. The van der Waals surface area contributed by atoms with E-state index >= 15 is 0 Å². The minimum Gasteiger partial charge on any atom is -0.496 e. The molecule has 4 rings (SSSR count). The van der Waals surface area contributed by atoms with Gasteiger partial charge < -0.3 is 10.1 Å². The number of ether oxygens (including phenoxy) is 1. The number of amides is 2. The van der Waals surface area contributed by atoms with Crippen molar-refractivity contribution in [3.63, 3.8) is 0 Å². The molecule has 0 saturated heterocycles. The van der Waals surface area contributed by atoms with Crippen LogP contribution in [0.25, 0.3) is 0 Å². The lowest BCUT2D eigenvalue weighted by molar-refractivity contribution is -0.122. The highest BCUT2D eigenvalue weighted by Crippen LogP contribution is 2.38. The Labute approximate surface area is 179 Å². The van der Waals surface area contributed by atoms with Crippen molar-refractivity contribution in [1.29, 1.82) is 0 Å². The summed E-state index contributed by atoms with van der Waals surface area (Å²) in [6.07, 6.45) is 1.53. The third kappa shape index (κ3) is 4.21. The van der Waals surface area contributed by atoms with Crippen LogP contribution >= 0.6 is 11.3 Å². The number of nitrogens with one attached hydrogen (secondary N) is 2. The van der Waals surface area contributed by atoms with Crippen LogP contribution in [-0.2, 0) is 17.8 Å². The van der Waals surface area contributed by atoms with Crippen LogP contribution < -0.4 is 15.4 Å². The lowest BCUT2D eigenvalue weighted by Gasteiger charge is -2.12. The zero-order valence-corrected chi connectivity index (χ0v) is 17.7. The molecular weight excluding hydrogens is 398 g/mol. The summed E-state index contributed by atoms with van der Waals surface area (Å²) < 4.78 is 5.34. The van der Waals surface area contributed by atoms with Crippen LogP contribution in [0.1, 0.15) is 44.4 Å². The number of aromatic nitrogens is 1. The second-order valence-electron chi connectivity index (χ2n) is 7.27. The first-order chi connectivity index (χ1) is 14.5. The predicted octanol–water partition coefficient (Wildman–Crippen LogP) is 4.06. The Morgan fingerprint density at radius 2 is 1.93 bits per heavy atom. The number of para-hydroxylation sites is 1. The predicted molar refractivity (Wildman–Crippen MR) is 117 cm³/mol. The monoisotopic (exact) mass is 421 g/mol. The minimum absolute atomic E-state index is 0.0543. The van der Waals surface area contributed by atoms with Gasteiger partial charge in [0.25, 0.3) is 5.91 Å². The molecule has 2 N–H and O–H groups in total. The van der Waals surface area contributed by atoms with E-state index in [1.807, 2.05) is 43.3 Å². The number of benzene rings is 2. The summed E-state index contributed by atoms with van der Waals surface area (Å²) in [5.41, 5.74) is 3.39. The van der Waals surface area contributed by atoms with Crippen LogP contribution in [0.5, 0.6) is 5.75 Å². The molecule has 154 valence electrons. The molecule has 6 nitrogen and oxygen atoms in total. The standard InChI is InChI=1S/C23H23N3O3S/c1-14-7-9-15(10-8-14)21(27)26-23-25-20-17(11-12-19(20)30-23)22(28)24-13-16-5-3-4-6-18(16)29-2/h3-10,17H,11-13H2,1-2H3,(H,24,28)(H,25,26,27). The van der Waals surface area contributed by atoms with Crippen LogP contribution in [0.15, 0.2) is 48.5 Å². The highest BCUT2D eigenvalue weighted by molar-refractivity contribution is 7.16. The Kier molecular flexibility index (Phi) is 5.81. The Bertz CT molecular complexity index is 1080. The molecule has 1 unspecified atom stereocenters. The number of carbonyl (C=O) groups is 2. The van der Waals surface area contributed by atoms with Gasteiger partial charge in [-0.3, -0.25) is 14.9 Å². The van der Waals surface area contributed by atoms with E-state index in [2.05, 4.69) is 15.6 Å². The van der Waals surface area contributed by atoms with Gasteiger partial charge >= 0.3 is 0 Å². The maximum atomic E-state index is 12.8. The summed E-state index contributed by atoms with van der Waals surface area (Å²) in [4.78, 5) is 30.9. The van der Waals surface area contributed by atoms with Gasteiger partial charge in [-0.05, 0) is 38.0 Å². The van der Waals surface area contributed by atoms with Gasteiger partial charge in [0.15, 0.2) is 5.13 Å². The normalized spacial score (nSPS) is 14.8. The summed E-state index contributed by atoms with van der Waals surface area (Å²) in [6.45, 7) is 2.38. The van der Waals surface area contributed by atoms with Gasteiger partial charge in [-0.25, -0.2) is 4.98 Å². The molecule has 1 heterocycles. The third-order valence-corrected chi connectivity index (χ3v) is 6.26. The molecule has 1 aromatic heterocycles. The number of hydrogen-bond donors (Lipinski definition) is 2. The topological polar surface area (TPSA) is 80.3 Å². The van der Waals surface area contributed by atoms with E-state index in [4.69, 9.17) is 4.74 Å². The second-order valence-corrected chi connectivity index (χ2v) is 8.35. The fourth-order valence-corrected chi connectivity index (χ4v) is 4.60. The second kappa shape index (κ2) is 8.67. The van der Waals surface area contributed by atoms with Gasteiger partial charge in [-0.15, -0.1) is 11.3 Å². The van der Waals surface area contributed by atoms with Crippen molar-refractivity contribution in [2.24, 2.45) is 0 Å². The van der Waals surface area contributed by atoms with E-state index < -0.39 is 0 Å². The number of methoxy groups -OCH3 is 1. The first kappa shape index (κ1) is 20.1. The van der Waals surface area contributed by atoms with Crippen molar-refractivity contribution >= 4 is 28.3 Å². The van der Waals surface area contributed by atoms with Crippen LogP contribution in [0.4, 0.5) is 5.13 Å². The fraction of sp³-hybridized carbons (Fsp3) is 0.261. The number of carbonyl (C=O) groups excluding carboxylic acids is 2. The van der Waals surface area contributed by atoms with Crippen molar-refractivity contribution in [2.75, 3.05) is 12.4 Å². The van der Waals surface area contributed by atoms with E-state index in [9.17, 15) is 9.59 Å². The molecule has 1 aliphatic rings. The van der Waals surface area contributed by atoms with Crippen LogP contribution in [-0.4, -0.2) is 23.9 Å². The van der Waals surface area contributed by atoms with Crippen molar-refractivity contribution in [3.8, 4) is 5.75 Å². The number of thiazole rings is 1. The maximum Gasteiger partial charge on any atom is 0.257 e. The molecule has 0 fully saturated rings. The molecule has 0 saturated carbocycles. The van der Waals surface area contributed by atoms with E-state index in [0.29, 0.717) is 17.2 Å². The summed E-state index contributed by atoms with van der Waals surface area (Å²) in [6, 6.07) is 15.0. The molecule has 0 aliphatic heterocycles. The van der Waals surface area contributed by atoms with Crippen molar-refractivity contribution in [3.05, 3.63) is 75.8 Å². The van der Waals surface area contributed by atoms with E-state index in [0.717, 1.165) is 40.3 Å². The first-order valence-corrected chi connectivity index (χ1v) is 10.6. The Balaban J connectivity index is 1.41. The molecule has 0 radical (unpaired) electrons. The van der Waals surface area contributed by atoms with Crippen molar-refractivity contribution in [2.45, 2.75) is 32.2 Å². The molecule has 2 aromatic carbocycles. The van der Waals surface area contributed by atoms with E-state index in [-0.39, 0.29) is 17.7 Å².